The number of hydrogen-bond acceptors (Lipinski definition) is 4. The molecule has 0 saturated heterocycles. The summed E-state index contributed by atoms with van der Waals surface area (Å²) >= 11 is 3.57. The lowest BCUT2D eigenvalue weighted by molar-refractivity contribution is 0.302. The van der Waals surface area contributed by atoms with Crippen LogP contribution in [0.25, 0.3) is 16.9 Å². The normalized spacial score (nSPS) is 11.0. The van der Waals surface area contributed by atoms with Gasteiger partial charge < -0.3 is 4.74 Å². The van der Waals surface area contributed by atoms with Crippen LogP contribution in [0.15, 0.2) is 89.7 Å². The van der Waals surface area contributed by atoms with E-state index in [1.165, 1.54) is 12.1 Å². The van der Waals surface area contributed by atoms with Crippen molar-refractivity contribution in [3.8, 4) is 22.7 Å². The average Bonchev–Trinajstić information content (AvgIpc) is 3.47. The number of aryl methyl sites for hydroxylation is 1. The SMILES string of the molecule is Cc1ccc(-c2c(OCc3cn(Cc4ccccc4Br)nn3)cnn2-c2ccc(F)cc2)cc1. The molecule has 0 unspecified atom stereocenters. The summed E-state index contributed by atoms with van der Waals surface area (Å²) < 4.78 is 24.2. The van der Waals surface area contributed by atoms with Crippen LogP contribution in [0.1, 0.15) is 16.8 Å². The van der Waals surface area contributed by atoms with Crippen molar-refractivity contribution in [1.29, 1.82) is 0 Å². The van der Waals surface area contributed by atoms with Crippen LogP contribution in [0, 0.1) is 12.7 Å². The van der Waals surface area contributed by atoms with Gasteiger partial charge in [0.2, 0.25) is 0 Å². The molecule has 0 aliphatic carbocycles. The van der Waals surface area contributed by atoms with E-state index in [1.807, 2.05) is 61.7 Å². The predicted molar refractivity (Wildman–Crippen MR) is 131 cm³/mol. The second-order valence-electron chi connectivity index (χ2n) is 7.90. The van der Waals surface area contributed by atoms with Gasteiger partial charge in [-0.25, -0.2) is 13.8 Å². The van der Waals surface area contributed by atoms with Crippen LogP contribution in [0.4, 0.5) is 4.39 Å². The van der Waals surface area contributed by atoms with Crippen molar-refractivity contribution in [2.24, 2.45) is 0 Å². The second kappa shape index (κ2) is 9.61. The van der Waals surface area contributed by atoms with Gasteiger partial charge in [-0.05, 0) is 42.8 Å². The van der Waals surface area contributed by atoms with E-state index in [0.29, 0.717) is 18.0 Å². The van der Waals surface area contributed by atoms with Crippen LogP contribution in [0.3, 0.4) is 0 Å². The Morgan fingerprint density at radius 2 is 1.74 bits per heavy atom. The Balaban J connectivity index is 1.40. The lowest BCUT2D eigenvalue weighted by Gasteiger charge is -2.11. The molecule has 0 atom stereocenters. The van der Waals surface area contributed by atoms with Gasteiger partial charge in [0.1, 0.15) is 23.8 Å². The largest absolute Gasteiger partial charge is 0.483 e. The summed E-state index contributed by atoms with van der Waals surface area (Å²) in [6.07, 6.45) is 3.54. The molecule has 3 aromatic carbocycles. The van der Waals surface area contributed by atoms with Gasteiger partial charge in [0.05, 0.1) is 24.6 Å². The Morgan fingerprint density at radius 1 is 0.971 bits per heavy atom. The first-order chi connectivity index (χ1) is 16.6. The topological polar surface area (TPSA) is 57.8 Å². The quantitative estimate of drug-likeness (QED) is 0.267. The summed E-state index contributed by atoms with van der Waals surface area (Å²) in [6, 6.07) is 22.3. The van der Waals surface area contributed by atoms with Gasteiger partial charge in [0, 0.05) is 10.0 Å². The molecule has 0 aliphatic heterocycles. The maximum Gasteiger partial charge on any atom is 0.166 e. The van der Waals surface area contributed by atoms with Gasteiger partial charge in [-0.1, -0.05) is 69.2 Å². The third-order valence-electron chi connectivity index (χ3n) is 5.38. The van der Waals surface area contributed by atoms with E-state index in [-0.39, 0.29) is 12.4 Å². The molecule has 34 heavy (non-hydrogen) atoms. The minimum atomic E-state index is -0.296. The van der Waals surface area contributed by atoms with Crippen LogP contribution >= 0.6 is 15.9 Å². The number of aromatic nitrogens is 5. The van der Waals surface area contributed by atoms with Gasteiger partial charge >= 0.3 is 0 Å². The highest BCUT2D eigenvalue weighted by Gasteiger charge is 2.17. The highest BCUT2D eigenvalue weighted by atomic mass is 79.9. The molecule has 0 amide bonds. The Bertz CT molecular complexity index is 1410. The van der Waals surface area contributed by atoms with E-state index >= 15 is 0 Å². The number of rotatable bonds is 7. The monoisotopic (exact) mass is 517 g/mol. The fourth-order valence-electron chi connectivity index (χ4n) is 3.63. The number of halogens is 2. The van der Waals surface area contributed by atoms with Crippen molar-refractivity contribution in [3.05, 3.63) is 112 Å². The molecule has 2 heterocycles. The summed E-state index contributed by atoms with van der Waals surface area (Å²) in [5.41, 5.74) is 5.44. The molecule has 170 valence electrons. The van der Waals surface area contributed by atoms with E-state index in [4.69, 9.17) is 4.74 Å². The van der Waals surface area contributed by atoms with Gasteiger partial charge in [-0.2, -0.15) is 5.10 Å². The predicted octanol–water partition coefficient (Wildman–Crippen LogP) is 5.97. The first-order valence-corrected chi connectivity index (χ1v) is 11.5. The number of nitrogens with zero attached hydrogens (tertiary/aromatic N) is 5. The van der Waals surface area contributed by atoms with Gasteiger partial charge in [-0.3, -0.25) is 0 Å². The molecule has 0 N–H and O–H groups in total. The highest BCUT2D eigenvalue weighted by molar-refractivity contribution is 9.10. The van der Waals surface area contributed by atoms with Crippen molar-refractivity contribution in [3.63, 3.8) is 0 Å². The van der Waals surface area contributed by atoms with E-state index in [0.717, 1.165) is 32.5 Å². The number of ether oxygens (including phenoxy) is 1. The minimum absolute atomic E-state index is 0.240. The smallest absolute Gasteiger partial charge is 0.166 e. The van der Waals surface area contributed by atoms with E-state index in [2.05, 4.69) is 31.3 Å². The molecule has 2 aromatic heterocycles. The third kappa shape index (κ3) is 4.77. The molecule has 0 aliphatic rings. The standard InChI is InChI=1S/C26H21BrFN5O/c1-18-6-8-19(9-7-18)26-25(14-29-33(26)23-12-10-21(28)11-13-23)34-17-22-16-32(31-30-22)15-20-4-2-3-5-24(20)27/h2-14,16H,15,17H2,1H3. The zero-order valence-electron chi connectivity index (χ0n) is 18.4. The number of hydrogen-bond donors (Lipinski definition) is 0. The first kappa shape index (κ1) is 22.0. The molecule has 0 saturated carbocycles. The van der Waals surface area contributed by atoms with E-state index in [9.17, 15) is 4.39 Å². The first-order valence-electron chi connectivity index (χ1n) is 10.7. The fraction of sp³-hybridized carbons (Fsp3) is 0.115. The molecular weight excluding hydrogens is 497 g/mol. The van der Waals surface area contributed by atoms with Crippen LogP contribution < -0.4 is 4.74 Å². The second-order valence-corrected chi connectivity index (χ2v) is 8.75. The molecule has 5 rings (SSSR count). The summed E-state index contributed by atoms with van der Waals surface area (Å²) in [4.78, 5) is 0. The maximum atomic E-state index is 13.5. The Kier molecular flexibility index (Phi) is 6.22. The zero-order valence-corrected chi connectivity index (χ0v) is 20.0. The van der Waals surface area contributed by atoms with Gasteiger partial charge in [0.25, 0.3) is 0 Å². The summed E-state index contributed by atoms with van der Waals surface area (Å²) in [7, 11) is 0. The van der Waals surface area contributed by atoms with Crippen LogP contribution in [0.5, 0.6) is 5.75 Å². The Labute approximate surface area is 204 Å². The van der Waals surface area contributed by atoms with Crippen LogP contribution in [-0.2, 0) is 13.2 Å². The lowest BCUT2D eigenvalue weighted by atomic mass is 10.1. The van der Waals surface area contributed by atoms with E-state index in [1.54, 1.807) is 27.7 Å². The molecule has 0 fully saturated rings. The minimum Gasteiger partial charge on any atom is -0.483 e. The fourth-order valence-corrected chi connectivity index (χ4v) is 4.04. The summed E-state index contributed by atoms with van der Waals surface area (Å²) in [6.45, 7) is 2.88. The highest BCUT2D eigenvalue weighted by Crippen LogP contribution is 2.33. The summed E-state index contributed by atoms with van der Waals surface area (Å²) in [5, 5.41) is 13.0. The summed E-state index contributed by atoms with van der Waals surface area (Å²) in [5.74, 6) is 0.309. The van der Waals surface area contributed by atoms with Crippen molar-refractivity contribution in [2.75, 3.05) is 0 Å². The van der Waals surface area contributed by atoms with Gasteiger partial charge in [0.15, 0.2) is 5.75 Å². The third-order valence-corrected chi connectivity index (χ3v) is 6.16. The van der Waals surface area contributed by atoms with Crippen LogP contribution in [-0.4, -0.2) is 24.8 Å². The zero-order chi connectivity index (χ0) is 23.5. The maximum absolute atomic E-state index is 13.5. The van der Waals surface area contributed by atoms with Crippen molar-refractivity contribution in [1.82, 2.24) is 24.8 Å². The number of benzene rings is 3. The molecule has 5 aromatic rings. The van der Waals surface area contributed by atoms with E-state index < -0.39 is 0 Å². The Morgan fingerprint density at radius 3 is 2.50 bits per heavy atom. The lowest BCUT2D eigenvalue weighted by Crippen LogP contribution is -2.01. The van der Waals surface area contributed by atoms with Crippen molar-refractivity contribution < 1.29 is 9.13 Å². The van der Waals surface area contributed by atoms with Crippen molar-refractivity contribution >= 4 is 15.9 Å². The molecule has 0 spiro atoms. The molecule has 8 heteroatoms. The van der Waals surface area contributed by atoms with Crippen LogP contribution in [0.2, 0.25) is 0 Å². The molecule has 6 nitrogen and oxygen atoms in total. The molecule has 0 bridgehead atoms. The molecular formula is C26H21BrFN5O. The molecule has 0 radical (unpaired) electrons. The van der Waals surface area contributed by atoms with Crippen molar-refractivity contribution in [2.45, 2.75) is 20.1 Å². The Hall–Kier alpha value is -3.78. The average molecular weight is 518 g/mol. The van der Waals surface area contributed by atoms with Gasteiger partial charge in [-0.15, -0.1) is 5.10 Å².